The maximum absolute atomic E-state index is 12.4. The van der Waals surface area contributed by atoms with E-state index in [4.69, 9.17) is 9.26 Å². The van der Waals surface area contributed by atoms with Crippen molar-refractivity contribution in [2.45, 2.75) is 32.9 Å². The molecule has 1 aromatic heterocycles. The van der Waals surface area contributed by atoms with Crippen molar-refractivity contribution in [3.8, 4) is 17.1 Å². The van der Waals surface area contributed by atoms with Gasteiger partial charge in [-0.2, -0.15) is 4.98 Å². The molecule has 0 aliphatic heterocycles. The summed E-state index contributed by atoms with van der Waals surface area (Å²) in [6.07, 6.45) is 0. The number of nitrogens with one attached hydrogen (secondary N) is 1. The Hall–Kier alpha value is -3.15. The Labute approximate surface area is 152 Å². The highest BCUT2D eigenvalue weighted by atomic mass is 16.5. The zero-order chi connectivity index (χ0) is 18.6. The molecule has 0 radical (unpaired) electrons. The van der Waals surface area contributed by atoms with E-state index in [0.29, 0.717) is 23.0 Å². The number of hydrogen-bond donors (Lipinski definition) is 1. The van der Waals surface area contributed by atoms with Gasteiger partial charge in [0.05, 0.1) is 5.56 Å². The monoisotopic (exact) mass is 351 g/mol. The molecule has 1 heterocycles. The van der Waals surface area contributed by atoms with E-state index in [-0.39, 0.29) is 18.1 Å². The van der Waals surface area contributed by atoms with Crippen LogP contribution in [0.2, 0.25) is 0 Å². The molecule has 0 aliphatic carbocycles. The number of hydrogen-bond acceptors (Lipinski definition) is 5. The lowest BCUT2D eigenvalue weighted by Crippen LogP contribution is -2.40. The van der Waals surface area contributed by atoms with Crippen LogP contribution in [0.3, 0.4) is 0 Å². The van der Waals surface area contributed by atoms with Crippen molar-refractivity contribution >= 4 is 5.91 Å². The van der Waals surface area contributed by atoms with Crippen LogP contribution in [0.1, 0.15) is 37.0 Å². The second-order valence-electron chi connectivity index (χ2n) is 6.87. The number of nitrogens with zero attached hydrogens (tertiary/aromatic N) is 2. The third kappa shape index (κ3) is 4.47. The Balaban J connectivity index is 1.71. The fourth-order valence-electron chi connectivity index (χ4n) is 2.35. The average molecular weight is 351 g/mol. The Morgan fingerprint density at radius 2 is 1.77 bits per heavy atom. The molecule has 0 bridgehead atoms. The lowest BCUT2D eigenvalue weighted by molar-refractivity contribution is 0.0914. The highest BCUT2D eigenvalue weighted by molar-refractivity contribution is 5.97. The van der Waals surface area contributed by atoms with Gasteiger partial charge in [-0.05, 0) is 32.9 Å². The largest absolute Gasteiger partial charge is 0.483 e. The van der Waals surface area contributed by atoms with Gasteiger partial charge >= 0.3 is 0 Å². The molecule has 1 amide bonds. The average Bonchev–Trinajstić information content (AvgIpc) is 3.08. The Kier molecular flexibility index (Phi) is 5.02. The van der Waals surface area contributed by atoms with Gasteiger partial charge < -0.3 is 14.6 Å². The molecule has 0 fully saturated rings. The molecular formula is C20H21N3O3. The maximum Gasteiger partial charge on any atom is 0.264 e. The molecule has 26 heavy (non-hydrogen) atoms. The first kappa shape index (κ1) is 17.7. The summed E-state index contributed by atoms with van der Waals surface area (Å²) in [6.45, 7) is 5.87. The van der Waals surface area contributed by atoms with E-state index in [2.05, 4.69) is 15.5 Å². The minimum absolute atomic E-state index is 0.0830. The molecule has 3 aromatic rings. The van der Waals surface area contributed by atoms with Gasteiger partial charge in [0.25, 0.3) is 11.8 Å². The zero-order valence-corrected chi connectivity index (χ0v) is 15.0. The Bertz CT molecular complexity index is 883. The number of para-hydroxylation sites is 1. The SMILES string of the molecule is CC(C)(C)NC(=O)c1ccccc1OCc1nc(-c2ccccc2)no1. The first-order valence-corrected chi connectivity index (χ1v) is 8.35. The van der Waals surface area contributed by atoms with Gasteiger partial charge in [0.1, 0.15) is 5.75 Å². The number of benzene rings is 2. The van der Waals surface area contributed by atoms with Crippen LogP contribution in [-0.2, 0) is 6.61 Å². The van der Waals surface area contributed by atoms with Crippen LogP contribution in [0.5, 0.6) is 5.75 Å². The van der Waals surface area contributed by atoms with Gasteiger partial charge in [-0.3, -0.25) is 4.79 Å². The van der Waals surface area contributed by atoms with E-state index in [1.165, 1.54) is 0 Å². The highest BCUT2D eigenvalue weighted by Crippen LogP contribution is 2.21. The molecule has 0 aliphatic rings. The van der Waals surface area contributed by atoms with Crippen LogP contribution >= 0.6 is 0 Å². The molecule has 0 unspecified atom stereocenters. The van der Waals surface area contributed by atoms with Crippen LogP contribution in [0.4, 0.5) is 0 Å². The van der Waals surface area contributed by atoms with E-state index in [1.54, 1.807) is 18.2 Å². The summed E-state index contributed by atoms with van der Waals surface area (Å²) in [5.74, 6) is 1.12. The number of carbonyl (C=O) groups excluding carboxylic acids is 1. The molecular weight excluding hydrogens is 330 g/mol. The van der Waals surface area contributed by atoms with E-state index in [0.717, 1.165) is 5.56 Å². The van der Waals surface area contributed by atoms with Crippen LogP contribution in [0.15, 0.2) is 59.1 Å². The summed E-state index contributed by atoms with van der Waals surface area (Å²) < 4.78 is 11.0. The van der Waals surface area contributed by atoms with E-state index >= 15 is 0 Å². The van der Waals surface area contributed by atoms with Crippen LogP contribution < -0.4 is 10.1 Å². The van der Waals surface area contributed by atoms with E-state index in [1.807, 2.05) is 57.2 Å². The first-order valence-electron chi connectivity index (χ1n) is 8.35. The van der Waals surface area contributed by atoms with Crippen LogP contribution in [0, 0.1) is 0 Å². The normalized spacial score (nSPS) is 11.2. The second kappa shape index (κ2) is 7.39. The summed E-state index contributed by atoms with van der Waals surface area (Å²) in [6, 6.07) is 16.6. The molecule has 6 nitrogen and oxygen atoms in total. The highest BCUT2D eigenvalue weighted by Gasteiger charge is 2.19. The van der Waals surface area contributed by atoms with Gasteiger partial charge in [-0.1, -0.05) is 47.6 Å². The summed E-state index contributed by atoms with van der Waals surface area (Å²) >= 11 is 0. The number of ether oxygens (including phenoxy) is 1. The van der Waals surface area contributed by atoms with Crippen molar-refractivity contribution in [3.63, 3.8) is 0 Å². The van der Waals surface area contributed by atoms with E-state index in [9.17, 15) is 4.79 Å². The molecule has 0 saturated heterocycles. The zero-order valence-electron chi connectivity index (χ0n) is 15.0. The molecule has 134 valence electrons. The van der Waals surface area contributed by atoms with Crippen molar-refractivity contribution < 1.29 is 14.1 Å². The third-order valence-corrected chi connectivity index (χ3v) is 3.47. The Morgan fingerprint density at radius 3 is 2.50 bits per heavy atom. The number of carbonyl (C=O) groups is 1. The number of rotatable bonds is 5. The predicted octanol–water partition coefficient (Wildman–Crippen LogP) is 3.84. The van der Waals surface area contributed by atoms with Crippen molar-refractivity contribution in [2.24, 2.45) is 0 Å². The van der Waals surface area contributed by atoms with Crippen LogP contribution in [-0.4, -0.2) is 21.6 Å². The van der Waals surface area contributed by atoms with Crippen molar-refractivity contribution in [3.05, 3.63) is 66.1 Å². The maximum atomic E-state index is 12.4. The summed E-state index contributed by atoms with van der Waals surface area (Å²) in [5.41, 5.74) is 0.999. The lowest BCUT2D eigenvalue weighted by atomic mass is 10.1. The van der Waals surface area contributed by atoms with Crippen LogP contribution in [0.25, 0.3) is 11.4 Å². The first-order chi connectivity index (χ1) is 12.4. The predicted molar refractivity (Wildman–Crippen MR) is 97.7 cm³/mol. The fourth-order valence-corrected chi connectivity index (χ4v) is 2.35. The minimum atomic E-state index is -0.332. The fraction of sp³-hybridized carbons (Fsp3) is 0.250. The molecule has 6 heteroatoms. The quantitative estimate of drug-likeness (QED) is 0.755. The lowest BCUT2D eigenvalue weighted by Gasteiger charge is -2.21. The van der Waals surface area contributed by atoms with Gasteiger partial charge in [-0.25, -0.2) is 0 Å². The van der Waals surface area contributed by atoms with Crippen molar-refractivity contribution in [1.82, 2.24) is 15.5 Å². The molecule has 1 N–H and O–H groups in total. The summed E-state index contributed by atoms with van der Waals surface area (Å²) in [5, 5.41) is 6.89. The molecule has 0 atom stereocenters. The van der Waals surface area contributed by atoms with Gasteiger partial charge in [0.15, 0.2) is 6.61 Å². The second-order valence-corrected chi connectivity index (χ2v) is 6.87. The Morgan fingerprint density at radius 1 is 1.08 bits per heavy atom. The summed E-state index contributed by atoms with van der Waals surface area (Å²) in [4.78, 5) is 16.8. The molecule has 0 saturated carbocycles. The summed E-state index contributed by atoms with van der Waals surface area (Å²) in [7, 11) is 0. The van der Waals surface area contributed by atoms with Gasteiger partial charge in [0.2, 0.25) is 5.82 Å². The van der Waals surface area contributed by atoms with E-state index < -0.39 is 0 Å². The molecule has 0 spiro atoms. The minimum Gasteiger partial charge on any atom is -0.483 e. The molecule has 3 rings (SSSR count). The topological polar surface area (TPSA) is 77.2 Å². The number of amides is 1. The van der Waals surface area contributed by atoms with Gasteiger partial charge in [0, 0.05) is 11.1 Å². The smallest absolute Gasteiger partial charge is 0.264 e. The van der Waals surface area contributed by atoms with Crippen molar-refractivity contribution in [1.29, 1.82) is 0 Å². The van der Waals surface area contributed by atoms with Crippen molar-refractivity contribution in [2.75, 3.05) is 0 Å². The number of aromatic nitrogens is 2. The standard InChI is InChI=1S/C20H21N3O3/c1-20(2,3)22-19(24)15-11-7-8-12-16(15)25-13-17-21-18(23-26-17)14-9-5-4-6-10-14/h4-12H,13H2,1-3H3,(H,22,24). The molecule has 2 aromatic carbocycles. The van der Waals surface area contributed by atoms with Gasteiger partial charge in [-0.15, -0.1) is 0 Å². The third-order valence-electron chi connectivity index (χ3n) is 3.47.